The number of nitrogens with one attached hydrogen (secondary N) is 2. The number of carbonyl (C=O) groups is 5. The lowest BCUT2D eigenvalue weighted by Crippen LogP contribution is -2.72. The zero-order chi connectivity index (χ0) is 36.5. The van der Waals surface area contributed by atoms with Gasteiger partial charge in [0.15, 0.2) is 22.3 Å². The van der Waals surface area contributed by atoms with E-state index in [2.05, 4.69) is 20.8 Å². The van der Waals surface area contributed by atoms with Crippen LogP contribution in [0.15, 0.2) is 33.9 Å². The molecular formula is C30H34ClN7O10S2. The maximum absolute atomic E-state index is 13.4. The van der Waals surface area contributed by atoms with E-state index in [4.69, 9.17) is 22.2 Å². The molecule has 1 aromatic heterocycles. The number of phenolic OH excluding ortho intramolecular Hbond substituents is 2. The van der Waals surface area contributed by atoms with Crippen LogP contribution in [0.1, 0.15) is 42.7 Å². The second kappa shape index (κ2) is 14.3. The van der Waals surface area contributed by atoms with E-state index in [0.29, 0.717) is 29.7 Å². The van der Waals surface area contributed by atoms with Crippen LogP contribution in [0.25, 0.3) is 0 Å². The highest BCUT2D eigenvalue weighted by molar-refractivity contribution is 8.00. The van der Waals surface area contributed by atoms with Crippen LogP contribution in [0.3, 0.4) is 0 Å². The largest absolute Gasteiger partial charge is 0.543 e. The third-order valence-corrected chi connectivity index (χ3v) is 11.0. The average Bonchev–Trinajstić information content (AvgIpc) is 3.71. The third kappa shape index (κ3) is 7.30. The summed E-state index contributed by atoms with van der Waals surface area (Å²) < 4.78 is 0.442. The number of carboxylic acids is 2. The number of fused-ring (bicyclic) bond motifs is 1. The summed E-state index contributed by atoms with van der Waals surface area (Å²) in [6.07, 6.45) is 1.74. The van der Waals surface area contributed by atoms with E-state index in [1.165, 1.54) is 37.1 Å². The monoisotopic (exact) mass is 751 g/mol. The lowest BCUT2D eigenvalue weighted by molar-refractivity contribution is -0.911. The van der Waals surface area contributed by atoms with Gasteiger partial charge in [-0.2, -0.15) is 0 Å². The molecule has 0 bridgehead atoms. The van der Waals surface area contributed by atoms with Crippen LogP contribution < -0.4 is 21.5 Å². The van der Waals surface area contributed by atoms with Gasteiger partial charge in [0.25, 0.3) is 17.7 Å². The first kappa shape index (κ1) is 36.7. The molecule has 4 heterocycles. The fraction of sp³-hybridized carbons (Fsp3) is 0.433. The quantitative estimate of drug-likeness (QED) is 0.0511. The molecule has 20 heteroatoms. The summed E-state index contributed by atoms with van der Waals surface area (Å²) in [5.41, 5.74) is 3.67. The number of nitrogens with zero attached hydrogens (tertiary/aromatic N) is 4. The van der Waals surface area contributed by atoms with Crippen molar-refractivity contribution in [1.29, 1.82) is 0 Å². The Bertz CT molecular complexity index is 1810. The molecule has 2 aromatic rings. The van der Waals surface area contributed by atoms with Gasteiger partial charge in [-0.15, -0.1) is 23.1 Å². The van der Waals surface area contributed by atoms with Crippen molar-refractivity contribution in [2.45, 2.75) is 43.7 Å². The maximum atomic E-state index is 13.4. The summed E-state index contributed by atoms with van der Waals surface area (Å²) in [4.78, 5) is 73.8. The Morgan fingerprint density at radius 2 is 1.94 bits per heavy atom. The molecule has 7 N–H and O–H groups in total. The molecule has 0 aliphatic carbocycles. The van der Waals surface area contributed by atoms with E-state index in [9.17, 15) is 44.4 Å². The van der Waals surface area contributed by atoms with Crippen LogP contribution in [-0.4, -0.2) is 121 Å². The lowest BCUT2D eigenvalue weighted by Gasteiger charge is -2.51. The van der Waals surface area contributed by atoms with Gasteiger partial charge in [0.1, 0.15) is 23.7 Å². The van der Waals surface area contributed by atoms with Crippen LogP contribution in [0.4, 0.5) is 5.13 Å². The number of halogens is 1. The first-order valence-electron chi connectivity index (χ1n) is 15.3. The average molecular weight is 752 g/mol. The summed E-state index contributed by atoms with van der Waals surface area (Å²) in [5, 5.41) is 50.9. The van der Waals surface area contributed by atoms with E-state index < -0.39 is 63.9 Å². The number of nitrogen functional groups attached to an aromatic ring is 1. The van der Waals surface area contributed by atoms with E-state index in [-0.39, 0.29) is 46.0 Å². The second-order valence-electron chi connectivity index (χ2n) is 12.4. The van der Waals surface area contributed by atoms with Crippen molar-refractivity contribution in [2.24, 2.45) is 5.16 Å². The minimum Gasteiger partial charge on any atom is -0.543 e. The predicted octanol–water partition coefficient (Wildman–Crippen LogP) is -0.182. The molecular weight excluding hydrogens is 718 g/mol. The van der Waals surface area contributed by atoms with Gasteiger partial charge in [-0.1, -0.05) is 16.8 Å². The van der Waals surface area contributed by atoms with Crippen LogP contribution in [0.2, 0.25) is 5.02 Å². The van der Waals surface area contributed by atoms with E-state index in [0.717, 1.165) is 35.1 Å². The van der Waals surface area contributed by atoms with Gasteiger partial charge < -0.3 is 50.9 Å². The van der Waals surface area contributed by atoms with Gasteiger partial charge in [-0.25, -0.2) is 9.78 Å². The standard InChI is InChI=1S/C30H34ClN7O10S2/c1-30(2,28(46)47)48-36-19(16-13-50-29(32)34-16)24(42)35-20-25(43)37-21(27(44)45)14(12-49-26(20)37)11-38(8-3-4-9-38)10-7-33-23(41)15-5-6-17(39)22(40)18(15)31/h5-6,13,20,26H,3-4,7-12H2,1-2H3,(H7-,32,33,34,35,36,39,40,41,42,44,45,46,47)/t20-,26?/m1/s1. The van der Waals surface area contributed by atoms with Crippen molar-refractivity contribution in [2.75, 3.05) is 44.2 Å². The minimum absolute atomic E-state index is 0.0103. The lowest BCUT2D eigenvalue weighted by atomic mass is 10.0. The Labute approximate surface area is 298 Å². The molecule has 3 aliphatic heterocycles. The predicted molar refractivity (Wildman–Crippen MR) is 179 cm³/mol. The molecule has 1 aromatic carbocycles. The Balaban J connectivity index is 1.29. The van der Waals surface area contributed by atoms with Gasteiger partial charge in [-0.3, -0.25) is 19.3 Å². The Morgan fingerprint density at radius 3 is 2.56 bits per heavy atom. The van der Waals surface area contributed by atoms with Crippen molar-refractivity contribution in [3.63, 3.8) is 0 Å². The molecule has 0 radical (unpaired) electrons. The minimum atomic E-state index is -1.80. The number of anilines is 1. The number of benzene rings is 1. The zero-order valence-electron chi connectivity index (χ0n) is 26.8. The molecule has 268 valence electrons. The summed E-state index contributed by atoms with van der Waals surface area (Å²) in [5.74, 6) is -5.89. The molecule has 3 amide bonds. The number of aromatic nitrogens is 1. The molecule has 5 rings (SSSR count). The fourth-order valence-electron chi connectivity index (χ4n) is 5.91. The van der Waals surface area contributed by atoms with Crippen LogP contribution >= 0.6 is 34.7 Å². The molecule has 50 heavy (non-hydrogen) atoms. The highest BCUT2D eigenvalue weighted by Gasteiger charge is 2.54. The number of aromatic hydroxyl groups is 2. The number of thiazole rings is 1. The molecule has 0 spiro atoms. The molecule has 3 aliphatic rings. The van der Waals surface area contributed by atoms with E-state index in [1.807, 2.05) is 0 Å². The normalized spacial score (nSPS) is 20.2. The molecule has 2 saturated heterocycles. The molecule has 17 nitrogen and oxygen atoms in total. The molecule has 2 fully saturated rings. The number of quaternary nitrogens is 1. The number of likely N-dealkylation sites (tertiary alicyclic amines) is 1. The summed E-state index contributed by atoms with van der Waals surface area (Å²) >= 11 is 8.29. The number of oxime groups is 1. The summed E-state index contributed by atoms with van der Waals surface area (Å²) in [7, 11) is 0. The Hall–Kier alpha value is -4.59. The second-order valence-corrected chi connectivity index (χ2v) is 14.8. The van der Waals surface area contributed by atoms with Gasteiger partial charge in [0, 0.05) is 29.5 Å². The highest BCUT2D eigenvalue weighted by atomic mass is 35.5. The van der Waals surface area contributed by atoms with Crippen LogP contribution in [-0.2, 0) is 24.0 Å². The van der Waals surface area contributed by atoms with Crippen molar-refractivity contribution >= 4 is 75.2 Å². The molecule has 2 atom stereocenters. The number of hydrogen-bond acceptors (Lipinski definition) is 14. The number of carbonyl (C=O) groups excluding carboxylic acids is 4. The first-order chi connectivity index (χ1) is 23.5. The Kier molecular flexibility index (Phi) is 10.5. The number of amides is 3. The van der Waals surface area contributed by atoms with Crippen molar-refractivity contribution < 1.29 is 53.7 Å². The number of rotatable bonds is 13. The van der Waals surface area contributed by atoms with Gasteiger partial charge in [-0.05, 0) is 26.0 Å². The fourth-order valence-corrected chi connectivity index (χ4v) is 8.03. The van der Waals surface area contributed by atoms with Gasteiger partial charge in [0.05, 0.1) is 48.4 Å². The third-order valence-electron chi connectivity index (χ3n) is 8.64. The van der Waals surface area contributed by atoms with Gasteiger partial charge >= 0.3 is 5.97 Å². The van der Waals surface area contributed by atoms with E-state index in [1.54, 1.807) is 0 Å². The van der Waals surface area contributed by atoms with Crippen molar-refractivity contribution in [1.82, 2.24) is 20.5 Å². The topological polar surface area (TPSA) is 257 Å². The number of nitrogens with two attached hydrogens (primary N) is 1. The summed E-state index contributed by atoms with van der Waals surface area (Å²) in [6.45, 7) is 4.76. The molecule has 0 saturated carbocycles. The van der Waals surface area contributed by atoms with Crippen LogP contribution in [0, 0.1) is 0 Å². The smallest absolute Gasteiger partial charge is 0.350 e. The number of carboxylic acid groups (broad SMARTS) is 2. The molecule has 1 unspecified atom stereocenters. The maximum Gasteiger partial charge on any atom is 0.350 e. The number of phenols is 2. The van der Waals surface area contributed by atoms with Crippen molar-refractivity contribution in [3.8, 4) is 11.5 Å². The number of aliphatic carboxylic acids is 2. The van der Waals surface area contributed by atoms with Crippen molar-refractivity contribution in [3.05, 3.63) is 45.1 Å². The van der Waals surface area contributed by atoms with E-state index >= 15 is 0 Å². The first-order valence-corrected chi connectivity index (χ1v) is 17.6. The number of hydrogen-bond donors (Lipinski definition) is 6. The van der Waals surface area contributed by atoms with Crippen LogP contribution in [0.5, 0.6) is 11.5 Å². The number of thioether (sulfide) groups is 1. The zero-order valence-corrected chi connectivity index (χ0v) is 29.2. The summed E-state index contributed by atoms with van der Waals surface area (Å²) in [6, 6.07) is 1.30. The Morgan fingerprint density at radius 1 is 1.24 bits per heavy atom. The number of β-lactam (4-membered cyclic amide) rings is 1. The highest BCUT2D eigenvalue weighted by Crippen LogP contribution is 2.41. The SMILES string of the molecule is CC(C)(O/N=C(\C(=O)N[C@@H]1C(=O)N2C(C(=O)[O-])=C(C[N+]3(CCNC(=O)c4ccc(O)c(O)c4Cl)CCCC3)CSC12)c1csc(N)n1)C(=O)O. The van der Waals surface area contributed by atoms with Gasteiger partial charge in [0.2, 0.25) is 5.60 Å².